The van der Waals surface area contributed by atoms with Crippen molar-refractivity contribution in [1.82, 2.24) is 0 Å². The molecule has 0 saturated carbocycles. The lowest BCUT2D eigenvalue weighted by Gasteiger charge is -2.23. The summed E-state index contributed by atoms with van der Waals surface area (Å²) in [4.78, 5) is 44.0. The van der Waals surface area contributed by atoms with Gasteiger partial charge in [0.1, 0.15) is 51.8 Å². The summed E-state index contributed by atoms with van der Waals surface area (Å²) in [6.07, 6.45) is -39.7. The lowest BCUT2D eigenvalue weighted by atomic mass is 10.0. The molecule has 1 N–H and O–H groups in total. The van der Waals surface area contributed by atoms with Crippen molar-refractivity contribution in [3.63, 3.8) is 0 Å². The molecule has 0 saturated heterocycles. The molecule has 0 atom stereocenters. The number of ketones is 1. The highest BCUT2D eigenvalue weighted by molar-refractivity contribution is 6.04. The van der Waals surface area contributed by atoms with Crippen molar-refractivity contribution in [2.24, 2.45) is 5.92 Å². The molecule has 0 aromatic carbocycles. The lowest BCUT2D eigenvalue weighted by molar-refractivity contribution is -0.301. The fourth-order valence-corrected chi connectivity index (χ4v) is 3.83. The fraction of sp³-hybridized carbons (Fsp3) is 0.778. The van der Waals surface area contributed by atoms with Crippen LogP contribution in [-0.2, 0) is 57.1 Å². The summed E-state index contributed by atoms with van der Waals surface area (Å²) in [7, 11) is 0. The molecular formula is C36H34F30O13. The number of ether oxygens (including phenoxy) is 8. The molecule has 0 spiro atoms. The number of aliphatic hydroxyl groups excluding tert-OH is 1. The Bertz CT molecular complexity index is 1740. The van der Waals surface area contributed by atoms with Crippen LogP contribution in [0.15, 0.2) is 24.3 Å². The zero-order valence-electron chi connectivity index (χ0n) is 37.9. The molecule has 79 heavy (non-hydrogen) atoms. The third-order valence-electron chi connectivity index (χ3n) is 7.86. The number of halogens is 30. The van der Waals surface area contributed by atoms with Gasteiger partial charge in [-0.25, -0.2) is 14.4 Å². The summed E-state index contributed by atoms with van der Waals surface area (Å²) in [6.45, 7) is -22.5. The number of aliphatic hydroxyl groups is 1. The number of alkyl halides is 30. The van der Waals surface area contributed by atoms with Gasteiger partial charge in [-0.2, -0.15) is 132 Å². The number of carbonyl (C=O) groups is 4. The fourth-order valence-electron chi connectivity index (χ4n) is 3.83. The summed E-state index contributed by atoms with van der Waals surface area (Å²) in [6, 6.07) is 0. The number of allylic oxidation sites excluding steroid dienone is 1. The maximum atomic E-state index is 13.0. The van der Waals surface area contributed by atoms with Gasteiger partial charge in [-0.3, -0.25) is 4.79 Å². The number of cyclic esters (lactones) is 2. The van der Waals surface area contributed by atoms with E-state index in [1.54, 1.807) is 0 Å². The van der Waals surface area contributed by atoms with Crippen LogP contribution in [0.3, 0.4) is 0 Å². The Labute approximate surface area is 418 Å². The van der Waals surface area contributed by atoms with Crippen molar-refractivity contribution in [1.29, 1.82) is 0 Å². The minimum absolute atomic E-state index is 0.0261. The van der Waals surface area contributed by atoms with Crippen LogP contribution in [0.5, 0.6) is 0 Å². The molecule has 0 unspecified atom stereocenters. The molecule has 13 nitrogen and oxygen atoms in total. The summed E-state index contributed by atoms with van der Waals surface area (Å²) in [5.41, 5.74) is 0. The summed E-state index contributed by atoms with van der Waals surface area (Å²) in [5, 5.41) is 8.95. The predicted molar refractivity (Wildman–Crippen MR) is 189 cm³/mol. The van der Waals surface area contributed by atoms with E-state index in [9.17, 15) is 151 Å². The van der Waals surface area contributed by atoms with Crippen LogP contribution in [0.1, 0.15) is 6.42 Å². The van der Waals surface area contributed by atoms with Crippen molar-refractivity contribution < 1.29 is 194 Å². The maximum absolute atomic E-state index is 13.0. The van der Waals surface area contributed by atoms with E-state index in [0.717, 1.165) is 12.2 Å². The SMILES string of the molecule is O=C(/C=C\C(=O)OC(COCC(F)(F)C(F)(F)F)COCC(F)(F)C(F)(F)F)CC(COCC(F)(F)C(F)(F)F)COCC(F)(F)C(F)(F)F.O=C1C=CC(=O)O1.OC(COCC(F)(F)C(F)(F)F)COCC(F)(F)C(F)(F)F. The van der Waals surface area contributed by atoms with Gasteiger partial charge >= 0.3 is 90.5 Å². The number of esters is 3. The second kappa shape index (κ2) is 29.9. The van der Waals surface area contributed by atoms with Crippen LogP contribution < -0.4 is 0 Å². The van der Waals surface area contributed by atoms with E-state index < -0.39 is 200 Å². The molecule has 0 bridgehead atoms. The average Bonchev–Trinajstić information content (AvgIpc) is 3.61. The molecular weight excluding hydrogens is 1210 g/mol. The van der Waals surface area contributed by atoms with Gasteiger partial charge in [0, 0.05) is 30.6 Å². The Hall–Kier alpha value is -4.62. The molecule has 0 aromatic rings. The Kier molecular flexibility index (Phi) is 28.9. The Balaban J connectivity index is 0. The van der Waals surface area contributed by atoms with Crippen molar-refractivity contribution in [2.75, 3.05) is 79.3 Å². The standard InChI is InChI=1S/C23H22F20O7.C9H10F10O3.C4H2O3/c24-16(25,20(32,33)34)8-46-4-12(5-47-9-17(26,27)21(35,36)37)3-13(44)1-2-15(45)50-14(6-48-10-18(28,29)22(38,39)40)7-49-11-19(30,31)23(41,42)43;10-6(11,8(14,15)16)3-21-1-5(20)2-22-4-7(12,13)9(17,18)19;5-3-1-2-4(6)7-3/h1-2,12,14H,3-11H2;5,20H,1-4H2;1-2H/b2-1-;;. The van der Waals surface area contributed by atoms with Crippen molar-refractivity contribution in [3.8, 4) is 0 Å². The monoisotopic (exact) mass is 1240 g/mol. The van der Waals surface area contributed by atoms with E-state index in [0.29, 0.717) is 0 Å². The summed E-state index contributed by atoms with van der Waals surface area (Å²) >= 11 is 0. The first kappa shape index (κ1) is 76.4. The number of hydrogen-bond acceptors (Lipinski definition) is 13. The smallest absolute Gasteiger partial charge is 0.454 e. The molecule has 0 fully saturated rings. The molecule has 1 heterocycles. The highest BCUT2D eigenvalue weighted by Crippen LogP contribution is 2.40. The molecule has 466 valence electrons. The van der Waals surface area contributed by atoms with Crippen LogP contribution in [0.4, 0.5) is 132 Å². The second-order valence-electron chi connectivity index (χ2n) is 15.0. The van der Waals surface area contributed by atoms with Gasteiger partial charge in [-0.15, -0.1) is 0 Å². The van der Waals surface area contributed by atoms with Gasteiger partial charge in [0.25, 0.3) is 0 Å². The Morgan fingerprint density at radius 3 is 0.873 bits per heavy atom. The van der Waals surface area contributed by atoms with Crippen LogP contribution >= 0.6 is 0 Å². The maximum Gasteiger partial charge on any atom is 0.455 e. The van der Waals surface area contributed by atoms with Crippen LogP contribution in [-0.4, -0.2) is 193 Å². The minimum Gasteiger partial charge on any atom is -0.454 e. The van der Waals surface area contributed by atoms with E-state index in [4.69, 9.17) is 5.11 Å². The topological polar surface area (TPSA) is 162 Å². The van der Waals surface area contributed by atoms with Crippen LogP contribution in [0.2, 0.25) is 0 Å². The predicted octanol–water partition coefficient (Wildman–Crippen LogP) is 9.29. The second-order valence-corrected chi connectivity index (χ2v) is 15.0. The highest BCUT2D eigenvalue weighted by atomic mass is 19.5. The quantitative estimate of drug-likeness (QED) is 0.0327. The number of rotatable bonds is 29. The molecule has 1 rings (SSSR count). The Morgan fingerprint density at radius 2 is 0.646 bits per heavy atom. The molecule has 0 aliphatic carbocycles. The third-order valence-corrected chi connectivity index (χ3v) is 7.86. The van der Waals surface area contributed by atoms with Crippen LogP contribution in [0.25, 0.3) is 0 Å². The lowest BCUT2D eigenvalue weighted by Crippen LogP contribution is -2.43. The molecule has 1 aliphatic heterocycles. The van der Waals surface area contributed by atoms with E-state index in [1.165, 1.54) is 0 Å². The van der Waals surface area contributed by atoms with E-state index in [2.05, 4.69) is 37.9 Å². The van der Waals surface area contributed by atoms with Gasteiger partial charge < -0.3 is 43.0 Å². The van der Waals surface area contributed by atoms with Crippen molar-refractivity contribution >= 4 is 23.7 Å². The van der Waals surface area contributed by atoms with Crippen LogP contribution in [0, 0.1) is 5.92 Å². The zero-order chi connectivity index (χ0) is 62.7. The summed E-state index contributed by atoms with van der Waals surface area (Å²) in [5.74, 6) is -38.8. The first-order valence-electron chi connectivity index (χ1n) is 19.7. The number of hydrogen-bond donors (Lipinski definition) is 1. The van der Waals surface area contributed by atoms with E-state index in [-0.39, 0.29) is 12.2 Å². The molecule has 43 heteroatoms. The first-order valence-corrected chi connectivity index (χ1v) is 19.7. The molecule has 0 amide bonds. The third kappa shape index (κ3) is 29.1. The largest absolute Gasteiger partial charge is 0.455 e. The van der Waals surface area contributed by atoms with Gasteiger partial charge in [-0.05, 0) is 6.08 Å². The summed E-state index contributed by atoms with van der Waals surface area (Å²) < 4.78 is 403. The number of carbonyl (C=O) groups excluding carboxylic acids is 4. The first-order chi connectivity index (χ1) is 35.0. The van der Waals surface area contributed by atoms with Crippen molar-refractivity contribution in [2.45, 2.75) is 91.2 Å². The zero-order valence-corrected chi connectivity index (χ0v) is 37.9. The van der Waals surface area contributed by atoms with Gasteiger partial charge in [-0.1, -0.05) is 0 Å². The van der Waals surface area contributed by atoms with Gasteiger partial charge in [0.15, 0.2) is 5.78 Å². The van der Waals surface area contributed by atoms with Gasteiger partial charge in [0.05, 0.1) is 39.6 Å². The van der Waals surface area contributed by atoms with Crippen molar-refractivity contribution in [3.05, 3.63) is 24.3 Å². The normalized spacial score (nSPS) is 15.0. The Morgan fingerprint density at radius 1 is 0.405 bits per heavy atom. The minimum atomic E-state index is -6.19. The van der Waals surface area contributed by atoms with E-state index >= 15 is 0 Å². The highest BCUT2D eigenvalue weighted by Gasteiger charge is 2.61. The van der Waals surface area contributed by atoms with Gasteiger partial charge in [0.2, 0.25) is 0 Å². The molecule has 1 aliphatic rings. The average molecular weight is 1240 g/mol. The molecule has 0 radical (unpaired) electrons. The van der Waals surface area contributed by atoms with E-state index in [1.807, 2.05) is 0 Å². The molecule has 0 aromatic heterocycles.